The van der Waals surface area contributed by atoms with E-state index in [2.05, 4.69) is 41.4 Å². The largest absolute Gasteiger partial charge is 0.374 e. The van der Waals surface area contributed by atoms with E-state index in [1.165, 1.54) is 11.3 Å². The number of ketones is 1. The number of thioether (sulfide) groups is 1. The highest BCUT2D eigenvalue weighted by molar-refractivity contribution is 8.01. The number of hydrogen-bond donors (Lipinski definition) is 0. The summed E-state index contributed by atoms with van der Waals surface area (Å²) in [5.41, 5.74) is 4.24. The summed E-state index contributed by atoms with van der Waals surface area (Å²) in [6.45, 7) is 3.46. The number of thiazole rings is 1. The number of carbonyl (C=O) groups excluding carboxylic acids is 1. The summed E-state index contributed by atoms with van der Waals surface area (Å²) in [6, 6.07) is 40.5. The van der Waals surface area contributed by atoms with Gasteiger partial charge in [-0.15, -0.1) is 11.3 Å². The fraction of sp³-hybridized carbons (Fsp3) is 0.300. The van der Waals surface area contributed by atoms with E-state index in [-0.39, 0.29) is 11.9 Å². The van der Waals surface area contributed by atoms with Crippen LogP contribution in [-0.2, 0) is 50.1 Å². The zero-order valence-corrected chi connectivity index (χ0v) is 29.1. The maximum Gasteiger partial charge on any atom is 0.171 e. The third kappa shape index (κ3) is 10.4. The minimum Gasteiger partial charge on any atom is -0.374 e. The van der Waals surface area contributed by atoms with E-state index >= 15 is 0 Å². The minimum atomic E-state index is -0.495. The molecular formula is C40H41NO6S2. The predicted molar refractivity (Wildman–Crippen MR) is 193 cm³/mol. The fourth-order valence-electron chi connectivity index (χ4n) is 5.66. The normalized spacial score (nSPS) is 20.6. The Bertz CT molecular complexity index is 1690. The van der Waals surface area contributed by atoms with Crippen LogP contribution in [0, 0.1) is 0 Å². The third-order valence-electron chi connectivity index (χ3n) is 8.18. The van der Waals surface area contributed by atoms with Gasteiger partial charge < -0.3 is 23.7 Å². The van der Waals surface area contributed by atoms with Crippen molar-refractivity contribution in [2.45, 2.75) is 68.2 Å². The van der Waals surface area contributed by atoms with E-state index < -0.39 is 24.4 Å². The van der Waals surface area contributed by atoms with Crippen LogP contribution < -0.4 is 0 Å². The highest BCUT2D eigenvalue weighted by Gasteiger charge is 2.48. The summed E-state index contributed by atoms with van der Waals surface area (Å²) in [7, 11) is 0. The molecule has 1 aliphatic heterocycles. The van der Waals surface area contributed by atoms with Crippen molar-refractivity contribution in [2.24, 2.45) is 0 Å². The predicted octanol–water partition coefficient (Wildman–Crippen LogP) is 8.18. The van der Waals surface area contributed by atoms with E-state index in [1.54, 1.807) is 24.9 Å². The summed E-state index contributed by atoms with van der Waals surface area (Å²) in [5, 5.41) is 0. The van der Waals surface area contributed by atoms with Crippen LogP contribution in [0.3, 0.4) is 0 Å². The van der Waals surface area contributed by atoms with Crippen molar-refractivity contribution in [3.63, 3.8) is 0 Å². The maximum absolute atomic E-state index is 12.0. The minimum absolute atomic E-state index is 0.00532. The molecule has 49 heavy (non-hydrogen) atoms. The lowest BCUT2D eigenvalue weighted by Crippen LogP contribution is -2.61. The first kappa shape index (κ1) is 35.2. The van der Waals surface area contributed by atoms with Crippen LogP contribution in [0.25, 0.3) is 0 Å². The molecule has 0 spiro atoms. The number of ether oxygens (including phenoxy) is 5. The van der Waals surface area contributed by atoms with Crippen molar-refractivity contribution in [2.75, 3.05) is 12.4 Å². The Balaban J connectivity index is 1.30. The van der Waals surface area contributed by atoms with Crippen molar-refractivity contribution < 1.29 is 28.5 Å². The molecule has 5 atom stereocenters. The first-order valence-electron chi connectivity index (χ1n) is 16.5. The van der Waals surface area contributed by atoms with Gasteiger partial charge in [0.2, 0.25) is 0 Å². The Hall–Kier alpha value is -3.67. The molecule has 3 unspecified atom stereocenters. The second kappa shape index (κ2) is 18.4. The van der Waals surface area contributed by atoms with Crippen molar-refractivity contribution >= 4 is 28.9 Å². The fourth-order valence-corrected chi connectivity index (χ4v) is 7.61. The zero-order chi connectivity index (χ0) is 33.7. The topological polar surface area (TPSA) is 76.1 Å². The van der Waals surface area contributed by atoms with Gasteiger partial charge in [-0.25, -0.2) is 4.98 Å². The number of hydrogen-bond acceptors (Lipinski definition) is 9. The highest BCUT2D eigenvalue weighted by Crippen LogP contribution is 2.35. The average Bonchev–Trinajstić information content (AvgIpc) is 3.63. The Morgan fingerprint density at radius 3 is 1.57 bits per heavy atom. The summed E-state index contributed by atoms with van der Waals surface area (Å²) >= 11 is 2.95. The molecule has 1 aromatic heterocycles. The Morgan fingerprint density at radius 1 is 0.653 bits per heavy atom. The molecule has 0 N–H and O–H groups in total. The van der Waals surface area contributed by atoms with Gasteiger partial charge in [-0.2, -0.15) is 0 Å². The quantitative estimate of drug-likeness (QED) is 0.0713. The average molecular weight is 696 g/mol. The highest BCUT2D eigenvalue weighted by atomic mass is 32.2. The van der Waals surface area contributed by atoms with Gasteiger partial charge in [0.15, 0.2) is 10.1 Å². The van der Waals surface area contributed by atoms with Crippen molar-refractivity contribution in [3.8, 4) is 0 Å². The van der Waals surface area contributed by atoms with Gasteiger partial charge in [0.25, 0.3) is 0 Å². The number of aromatic nitrogens is 1. The maximum atomic E-state index is 12.0. The molecular weight excluding hydrogens is 655 g/mol. The molecule has 2 heterocycles. The molecule has 0 radical (unpaired) electrons. The molecule has 1 saturated heterocycles. The van der Waals surface area contributed by atoms with Gasteiger partial charge in [0, 0.05) is 12.7 Å². The van der Waals surface area contributed by atoms with E-state index in [1.807, 2.05) is 84.9 Å². The van der Waals surface area contributed by atoms with Crippen LogP contribution in [0.1, 0.15) is 38.8 Å². The van der Waals surface area contributed by atoms with E-state index in [9.17, 15) is 4.79 Å². The van der Waals surface area contributed by atoms with Gasteiger partial charge >= 0.3 is 0 Å². The van der Waals surface area contributed by atoms with Crippen molar-refractivity contribution in [1.82, 2.24) is 4.98 Å². The Kier molecular flexibility index (Phi) is 13.2. The third-order valence-corrected chi connectivity index (χ3v) is 10.5. The number of Topliss-reactive ketones (excluding diaryl/α,β-unsaturated/α-hetero) is 1. The van der Waals surface area contributed by atoms with Crippen LogP contribution in [0.2, 0.25) is 0 Å². The monoisotopic (exact) mass is 695 g/mol. The van der Waals surface area contributed by atoms with Crippen LogP contribution in [0.15, 0.2) is 132 Å². The second-order valence-corrected chi connectivity index (χ2v) is 14.2. The number of nitrogens with zero attached hydrogens (tertiary/aromatic N) is 1. The zero-order valence-electron chi connectivity index (χ0n) is 27.5. The standard InChI is InChI=1S/C40H41NO6S2/c1-29(42)36-22-41-40(49-36)48-28-35-38(45-25-32-18-10-4-11-19-32)39(46-26-33-20-12-5-13-21-33)37(44-24-31-16-8-3-9-17-31)34(47-35)27-43-23-30-14-6-2-7-15-30/h2-22,34-35,37-39H,23-28H2,1H3/t34?,35-,37-,38?,39?/m1/s1. The smallest absolute Gasteiger partial charge is 0.171 e. The van der Waals surface area contributed by atoms with Crippen LogP contribution >= 0.6 is 23.1 Å². The lowest BCUT2D eigenvalue weighted by atomic mass is 9.94. The summed E-state index contributed by atoms with van der Waals surface area (Å²) in [4.78, 5) is 17.1. The molecule has 0 aliphatic carbocycles. The molecule has 1 aliphatic rings. The van der Waals surface area contributed by atoms with Gasteiger partial charge in [0.05, 0.1) is 50.2 Å². The van der Waals surface area contributed by atoms with Gasteiger partial charge in [-0.3, -0.25) is 4.79 Å². The first-order valence-corrected chi connectivity index (χ1v) is 18.3. The van der Waals surface area contributed by atoms with Gasteiger partial charge in [-0.1, -0.05) is 133 Å². The summed E-state index contributed by atoms with van der Waals surface area (Å²) < 4.78 is 34.4. The molecule has 254 valence electrons. The Morgan fingerprint density at radius 2 is 1.10 bits per heavy atom. The van der Waals surface area contributed by atoms with Crippen LogP contribution in [0.5, 0.6) is 0 Å². The van der Waals surface area contributed by atoms with E-state index in [0.29, 0.717) is 43.7 Å². The van der Waals surface area contributed by atoms with Gasteiger partial charge in [0.1, 0.15) is 24.4 Å². The summed E-state index contributed by atoms with van der Waals surface area (Å²) in [6.07, 6.45) is -0.650. The van der Waals surface area contributed by atoms with Crippen molar-refractivity contribution in [1.29, 1.82) is 0 Å². The molecule has 0 saturated carbocycles. The Labute approximate surface area is 296 Å². The second-order valence-electron chi connectivity index (χ2n) is 11.9. The van der Waals surface area contributed by atoms with E-state index in [4.69, 9.17) is 23.7 Å². The molecule has 1 fully saturated rings. The van der Waals surface area contributed by atoms with E-state index in [0.717, 1.165) is 26.6 Å². The lowest BCUT2D eigenvalue weighted by molar-refractivity contribution is -0.268. The van der Waals surface area contributed by atoms with Gasteiger partial charge in [-0.05, 0) is 22.3 Å². The molecule has 7 nitrogen and oxygen atoms in total. The SMILES string of the molecule is CC(=O)c1cnc(SC[C@H]2OC(COCc3ccccc3)[C@@H](OCc3ccccc3)C(OCc3ccccc3)C2OCc2ccccc2)s1. The molecule has 5 aromatic rings. The molecule has 0 amide bonds. The van der Waals surface area contributed by atoms with Crippen molar-refractivity contribution in [3.05, 3.63) is 155 Å². The number of carbonyl (C=O) groups is 1. The molecule has 4 aromatic carbocycles. The molecule has 0 bridgehead atoms. The molecule has 6 rings (SSSR count). The van der Waals surface area contributed by atoms with Crippen LogP contribution in [0.4, 0.5) is 0 Å². The first-order chi connectivity index (χ1) is 24.1. The number of benzene rings is 4. The number of rotatable bonds is 17. The summed E-state index contributed by atoms with van der Waals surface area (Å²) in [5.74, 6) is 0.543. The lowest BCUT2D eigenvalue weighted by Gasteiger charge is -2.46. The molecule has 9 heteroatoms. The van der Waals surface area contributed by atoms with Crippen LogP contribution in [-0.4, -0.2) is 53.6 Å².